The molecule has 1 aromatic carbocycles. The summed E-state index contributed by atoms with van der Waals surface area (Å²) < 4.78 is 1.97. The summed E-state index contributed by atoms with van der Waals surface area (Å²) in [6.45, 7) is 5.54. The van der Waals surface area contributed by atoms with Gasteiger partial charge in [-0.15, -0.1) is 0 Å². The molecule has 12 atom stereocenters. The summed E-state index contributed by atoms with van der Waals surface area (Å²) in [5.74, 6) is -2.69. The first-order valence-electron chi connectivity index (χ1n) is 13.5. The maximum atomic E-state index is 12.0. The number of carbonyl (C=O) groups is 2. The topological polar surface area (TPSA) is 162 Å². The van der Waals surface area contributed by atoms with E-state index in [9.17, 15) is 24.9 Å². The molecule has 1 aliphatic carbocycles. The van der Waals surface area contributed by atoms with Gasteiger partial charge in [-0.25, -0.2) is 4.79 Å². The number of carbonyl (C=O) groups excluding carboxylic acids is 1. The summed E-state index contributed by atoms with van der Waals surface area (Å²) in [7, 11) is 2.23. The fraction of sp³-hybridized carbons (Fsp3) is 0.704. The number of likely N-dealkylation sites (N-methyl/N-ethyl adjacent to an activating group) is 1. The number of aliphatic hydroxyl groups excluding tert-OH is 4. The lowest BCUT2D eigenvalue weighted by molar-refractivity contribution is -1.04. The fourth-order valence-corrected chi connectivity index (χ4v) is 9.87. The van der Waals surface area contributed by atoms with Crippen LogP contribution in [0.1, 0.15) is 45.1 Å². The Morgan fingerprint density at radius 3 is 2.45 bits per heavy atom. The van der Waals surface area contributed by atoms with Crippen LogP contribution in [0.25, 0.3) is 0 Å². The van der Waals surface area contributed by atoms with Crippen LogP contribution in [0.4, 0.5) is 5.69 Å². The van der Waals surface area contributed by atoms with Crippen LogP contribution >= 0.6 is 15.9 Å². The zero-order chi connectivity index (χ0) is 27.9. The first kappa shape index (κ1) is 27.8. The van der Waals surface area contributed by atoms with E-state index in [0.29, 0.717) is 29.8 Å². The summed E-state index contributed by atoms with van der Waals surface area (Å²) >= 11 is 3.69. The van der Waals surface area contributed by atoms with E-state index in [0.717, 1.165) is 34.8 Å². The second kappa shape index (κ2) is 9.42. The van der Waals surface area contributed by atoms with E-state index in [-0.39, 0.29) is 23.8 Å². The number of nitrogens with zero attached hydrogens (tertiary/aromatic N) is 2. The number of aliphatic carboxylic acids is 2. The van der Waals surface area contributed by atoms with Gasteiger partial charge in [0.1, 0.15) is 12.1 Å². The molecule has 1 saturated carbocycles. The quantitative estimate of drug-likeness (QED) is 0.280. The van der Waals surface area contributed by atoms with Crippen molar-refractivity contribution in [1.82, 2.24) is 0 Å². The number of carboxylic acids is 2. The highest BCUT2D eigenvalue weighted by Crippen LogP contribution is 2.71. The molecule has 0 aromatic heterocycles. The molecule has 0 radical (unpaired) electrons. The van der Waals surface area contributed by atoms with Gasteiger partial charge in [0.15, 0.2) is 12.3 Å². The van der Waals surface area contributed by atoms with Crippen molar-refractivity contribution < 1.29 is 44.7 Å². The Balaban J connectivity index is 0.000000253. The lowest BCUT2D eigenvalue weighted by atomic mass is 9.60. The monoisotopic (exact) mass is 596 g/mol. The Morgan fingerprint density at radius 1 is 1.21 bits per heavy atom. The van der Waals surface area contributed by atoms with Crippen molar-refractivity contribution in [2.45, 2.75) is 87.6 Å². The number of fused-ring (bicyclic) bond motifs is 2. The van der Waals surface area contributed by atoms with Gasteiger partial charge < -0.3 is 40.3 Å². The molecule has 1 aromatic rings. The van der Waals surface area contributed by atoms with Gasteiger partial charge in [0.2, 0.25) is 0 Å². The third-order valence-corrected chi connectivity index (χ3v) is 11.1. The number of piperidine rings is 4. The van der Waals surface area contributed by atoms with Gasteiger partial charge in [-0.05, 0) is 42.5 Å². The van der Waals surface area contributed by atoms with Gasteiger partial charge in [0.25, 0.3) is 0 Å². The predicted molar refractivity (Wildman–Crippen MR) is 138 cm³/mol. The van der Waals surface area contributed by atoms with Crippen molar-refractivity contribution in [3.05, 3.63) is 28.2 Å². The van der Waals surface area contributed by atoms with Crippen LogP contribution in [0.3, 0.4) is 0 Å². The number of benzene rings is 1. The highest BCUT2D eigenvalue weighted by Gasteiger charge is 2.82. The maximum absolute atomic E-state index is 12.0. The van der Waals surface area contributed by atoms with Crippen molar-refractivity contribution >= 4 is 33.6 Å². The van der Waals surface area contributed by atoms with Crippen molar-refractivity contribution in [2.75, 3.05) is 18.5 Å². The summed E-state index contributed by atoms with van der Waals surface area (Å²) in [4.78, 5) is 21.9. The zero-order valence-electron chi connectivity index (χ0n) is 21.8. The molecule has 210 valence electrons. The molecule has 7 rings (SSSR count). The first-order chi connectivity index (χ1) is 17.9. The third kappa shape index (κ3) is 3.35. The molecule has 11 heteroatoms. The standard InChI is InChI=1S/C23H32BrN2O2.C4H6O6/c1-4-8-26-17-10-14(13(5-2)22(26)28)19-18(26)11-23(21(19)27)15-9-12(24)6-7-16(15)25(3)20(17)23;5-1(3(7)8)2(6)4(9)10/h6-7,9,13-14,17-22,27-28H,4-5,8,10-11H2,1-3H3;1-2,5-6H,(H,7,8)(H,9,10)/q+1;/p-1/t13-,14?,17+,18+,19?,20+,21-,22+,23?,26?;1-,2-/m11/s1. The Kier molecular flexibility index (Phi) is 6.89. The van der Waals surface area contributed by atoms with Crippen LogP contribution < -0.4 is 10.0 Å². The first-order valence-corrected chi connectivity index (χ1v) is 14.2. The number of anilines is 1. The SMILES string of the molecule is CCC[N+]12[C@H]3CC45c6cc(Br)ccc6N(C)[C@H]4[C@@H]1CC(C3[C@H]5O)[C@@H](CC)[C@@H]2O.O=C([O-])[C@H](O)[C@@H](O)C(=O)O. The minimum atomic E-state index is -2.38. The second-order valence-corrected chi connectivity index (χ2v) is 12.7. The number of aliphatic hydroxyl groups is 4. The molecule has 5 fully saturated rings. The number of carboxylic acid groups (broad SMARTS) is 2. The van der Waals surface area contributed by atoms with E-state index in [1.54, 1.807) is 0 Å². The van der Waals surface area contributed by atoms with Crippen molar-refractivity contribution in [3.63, 3.8) is 0 Å². The van der Waals surface area contributed by atoms with E-state index in [1.807, 2.05) is 0 Å². The molecular weight excluding hydrogens is 560 g/mol. The molecule has 10 nitrogen and oxygen atoms in total. The molecular formula is C27H37BrN2O8. The van der Waals surface area contributed by atoms with Crippen LogP contribution in [0.5, 0.6) is 0 Å². The van der Waals surface area contributed by atoms with E-state index < -0.39 is 24.1 Å². The number of rotatable bonds is 6. The molecule has 5 heterocycles. The normalized spacial score (nSPS) is 42.7. The van der Waals surface area contributed by atoms with Gasteiger partial charge in [-0.2, -0.15) is 0 Å². The Morgan fingerprint density at radius 2 is 1.89 bits per heavy atom. The van der Waals surface area contributed by atoms with Gasteiger partial charge in [0.05, 0.1) is 36.1 Å². The van der Waals surface area contributed by atoms with Gasteiger partial charge in [-0.1, -0.05) is 29.8 Å². The molecule has 4 saturated heterocycles. The molecule has 5 N–H and O–H groups in total. The number of hydrogen-bond acceptors (Lipinski definition) is 8. The van der Waals surface area contributed by atoms with E-state index in [4.69, 9.17) is 15.3 Å². The van der Waals surface area contributed by atoms with Crippen LogP contribution in [0.15, 0.2) is 22.7 Å². The van der Waals surface area contributed by atoms with E-state index in [1.165, 1.54) is 17.7 Å². The minimum absolute atomic E-state index is 0.166. The summed E-state index contributed by atoms with van der Waals surface area (Å²) in [5, 5.41) is 57.8. The van der Waals surface area contributed by atoms with E-state index >= 15 is 0 Å². The zero-order valence-corrected chi connectivity index (χ0v) is 23.4. The molecule has 38 heavy (non-hydrogen) atoms. The summed E-state index contributed by atoms with van der Waals surface area (Å²) in [5.41, 5.74) is 2.47. The van der Waals surface area contributed by atoms with Crippen LogP contribution in [-0.4, -0.2) is 98.2 Å². The molecule has 4 unspecified atom stereocenters. The van der Waals surface area contributed by atoms with Crippen molar-refractivity contribution in [3.8, 4) is 0 Å². The van der Waals surface area contributed by atoms with Gasteiger partial charge in [-0.3, -0.25) is 4.48 Å². The molecule has 5 bridgehead atoms. The third-order valence-electron chi connectivity index (χ3n) is 10.6. The fourth-order valence-electron chi connectivity index (χ4n) is 9.51. The smallest absolute Gasteiger partial charge is 0.335 e. The van der Waals surface area contributed by atoms with Crippen molar-refractivity contribution in [2.24, 2.45) is 17.8 Å². The maximum Gasteiger partial charge on any atom is 0.335 e. The number of halogens is 1. The van der Waals surface area contributed by atoms with Crippen LogP contribution in [0.2, 0.25) is 0 Å². The highest BCUT2D eigenvalue weighted by atomic mass is 79.9. The highest BCUT2D eigenvalue weighted by molar-refractivity contribution is 9.10. The Labute approximate surface area is 230 Å². The van der Waals surface area contributed by atoms with Crippen LogP contribution in [0, 0.1) is 17.8 Å². The lowest BCUT2D eigenvalue weighted by Gasteiger charge is -2.68. The van der Waals surface area contributed by atoms with Crippen molar-refractivity contribution in [1.29, 1.82) is 0 Å². The summed E-state index contributed by atoms with van der Waals surface area (Å²) in [6, 6.07) is 7.75. The average molecular weight is 598 g/mol. The molecule has 1 spiro atoms. The largest absolute Gasteiger partial charge is 0.547 e. The number of quaternary nitrogens is 1. The lowest BCUT2D eigenvalue weighted by Crippen LogP contribution is -2.83. The van der Waals surface area contributed by atoms with Crippen LogP contribution in [-0.2, 0) is 15.0 Å². The minimum Gasteiger partial charge on any atom is -0.547 e. The molecule has 0 amide bonds. The Hall–Kier alpha value is -1.76. The molecule has 5 aliphatic heterocycles. The van der Waals surface area contributed by atoms with Gasteiger partial charge >= 0.3 is 5.97 Å². The average Bonchev–Trinajstić information content (AvgIpc) is 3.25. The predicted octanol–water partition coefficient (Wildman–Crippen LogP) is -0.215. The van der Waals surface area contributed by atoms with E-state index in [2.05, 4.69) is 59.9 Å². The number of hydrogen-bond donors (Lipinski definition) is 5. The Bertz CT molecular complexity index is 1120. The van der Waals surface area contributed by atoms with Gasteiger partial charge in [0, 0.05) is 41.9 Å². The second-order valence-electron chi connectivity index (χ2n) is 11.8. The summed E-state index contributed by atoms with van der Waals surface area (Å²) in [6.07, 6.45) is -0.958. The molecule has 6 aliphatic rings.